The van der Waals surface area contributed by atoms with Gasteiger partial charge in [0.15, 0.2) is 0 Å². The first-order valence-electron chi connectivity index (χ1n) is 16.1. The fourth-order valence-electron chi connectivity index (χ4n) is 10.4. The molecule has 1 unspecified atom stereocenters. The Morgan fingerprint density at radius 2 is 1.45 bits per heavy atom. The maximum Gasteiger partial charge on any atom is 1.00 e. The van der Waals surface area contributed by atoms with Crippen LogP contribution in [0.4, 0.5) is 0 Å². The second-order valence-corrected chi connectivity index (χ2v) is 18.1. The van der Waals surface area contributed by atoms with Gasteiger partial charge in [-0.1, -0.05) is 46.3 Å². The van der Waals surface area contributed by atoms with Gasteiger partial charge in [-0.25, -0.2) is 30.0 Å². The van der Waals surface area contributed by atoms with E-state index >= 15 is 0 Å². The molecule has 0 bridgehead atoms. The van der Waals surface area contributed by atoms with E-state index in [1.165, 1.54) is 0 Å². The minimum atomic E-state index is -5.59. The summed E-state index contributed by atoms with van der Waals surface area (Å²) in [7, 11) is -16.5. The van der Waals surface area contributed by atoms with E-state index in [-0.39, 0.29) is 131 Å². The molecule has 0 aromatic rings. The van der Waals surface area contributed by atoms with Crippen LogP contribution in [0.2, 0.25) is 0 Å². The van der Waals surface area contributed by atoms with Crippen LogP contribution >= 0.6 is 0 Å². The Morgan fingerprint density at radius 1 is 0.882 bits per heavy atom. The first-order valence-corrected chi connectivity index (χ1v) is 20.1. The maximum atomic E-state index is 12.1. The molecular formula is C30H43Na3O15S3. The minimum absolute atomic E-state index is 0. The molecule has 4 aliphatic carbocycles. The Morgan fingerprint density at radius 3 is 1.98 bits per heavy atom. The zero-order valence-electron chi connectivity index (χ0n) is 30.4. The predicted octanol–water partition coefficient (Wildman–Crippen LogP) is -6.77. The molecular weight excluding hydrogens is 765 g/mol. The molecule has 0 radical (unpaired) electrons. The monoisotopic (exact) mass is 808 g/mol. The summed E-state index contributed by atoms with van der Waals surface area (Å²) in [6, 6.07) is 0. The molecule has 0 amide bonds. The fourth-order valence-corrected chi connectivity index (χ4v) is 11.9. The van der Waals surface area contributed by atoms with Crippen LogP contribution in [0.1, 0.15) is 79.6 Å². The number of cyclic esters (lactones) is 1. The molecule has 1 heterocycles. The van der Waals surface area contributed by atoms with Crippen LogP contribution in [0.5, 0.6) is 0 Å². The SMILES string of the molecule is CC(CC[C@@H](C)[C@H]1CC[C@@]2(C)[C@@H]3C[C@H](OS(=O)(=O)[O-])[C@H]4[C@@H](O)[C@H](OS(=O)(=O)[O-])[C@@H](OS(=O)(=O)[O-])C[C@]4(C)C3=CC[C@]12C)C1=CCOC1=O.[Na+].[Na+].[Na+]. The van der Waals surface area contributed by atoms with E-state index in [4.69, 9.17) is 8.92 Å². The number of esters is 1. The summed E-state index contributed by atoms with van der Waals surface area (Å²) >= 11 is 0. The number of hydrogen-bond donors (Lipinski definition) is 1. The summed E-state index contributed by atoms with van der Waals surface area (Å²) in [5.74, 6) is -1.62. The van der Waals surface area contributed by atoms with E-state index in [2.05, 4.69) is 29.1 Å². The molecule has 5 rings (SSSR count). The van der Waals surface area contributed by atoms with E-state index in [0.717, 1.165) is 19.3 Å². The van der Waals surface area contributed by atoms with Gasteiger partial charge >= 0.3 is 94.6 Å². The average molecular weight is 809 g/mol. The van der Waals surface area contributed by atoms with Crippen LogP contribution in [0.25, 0.3) is 0 Å². The zero-order chi connectivity index (χ0) is 35.8. The second kappa shape index (κ2) is 17.2. The van der Waals surface area contributed by atoms with Crippen LogP contribution in [0.15, 0.2) is 23.3 Å². The molecule has 12 atom stereocenters. The number of ether oxygens (including phenoxy) is 1. The van der Waals surface area contributed by atoms with Crippen molar-refractivity contribution in [3.8, 4) is 0 Å². The van der Waals surface area contributed by atoms with Crippen molar-refractivity contribution in [2.75, 3.05) is 6.61 Å². The van der Waals surface area contributed by atoms with Crippen molar-refractivity contribution in [3.05, 3.63) is 23.3 Å². The molecule has 274 valence electrons. The van der Waals surface area contributed by atoms with Crippen molar-refractivity contribution in [3.63, 3.8) is 0 Å². The fraction of sp³-hybridized carbons (Fsp3) is 0.833. The van der Waals surface area contributed by atoms with Gasteiger partial charge in [-0.2, -0.15) is 0 Å². The molecule has 0 spiro atoms. The molecule has 1 N–H and O–H groups in total. The average Bonchev–Trinajstić information content (AvgIpc) is 3.47. The smallest absolute Gasteiger partial charge is 0.726 e. The van der Waals surface area contributed by atoms with E-state index in [1.807, 2.05) is 19.1 Å². The van der Waals surface area contributed by atoms with Gasteiger partial charge in [-0.3, -0.25) is 12.5 Å². The molecule has 15 nitrogen and oxygen atoms in total. The number of carbonyl (C=O) groups is 1. The van der Waals surface area contributed by atoms with Gasteiger partial charge in [0.25, 0.3) is 0 Å². The molecule has 0 aromatic carbocycles. The van der Waals surface area contributed by atoms with Crippen molar-refractivity contribution in [1.29, 1.82) is 0 Å². The van der Waals surface area contributed by atoms with Gasteiger partial charge < -0.3 is 23.5 Å². The first-order chi connectivity index (χ1) is 21.9. The van der Waals surface area contributed by atoms with Gasteiger partial charge in [-0.15, -0.1) is 0 Å². The number of rotatable bonds is 11. The summed E-state index contributed by atoms with van der Waals surface area (Å²) in [6.45, 7) is 10.3. The summed E-state index contributed by atoms with van der Waals surface area (Å²) < 4.78 is 125. The number of hydrogen-bond acceptors (Lipinski definition) is 15. The molecule has 3 fully saturated rings. The molecule has 21 heteroatoms. The van der Waals surface area contributed by atoms with Crippen LogP contribution in [0, 0.1) is 45.8 Å². The topological polar surface area (TPSA) is 246 Å². The van der Waals surface area contributed by atoms with Crippen LogP contribution in [-0.4, -0.2) is 81.0 Å². The van der Waals surface area contributed by atoms with E-state index in [1.54, 1.807) is 6.92 Å². The van der Waals surface area contributed by atoms with Crippen molar-refractivity contribution in [1.82, 2.24) is 0 Å². The van der Waals surface area contributed by atoms with Crippen molar-refractivity contribution >= 4 is 37.2 Å². The van der Waals surface area contributed by atoms with Gasteiger partial charge in [0, 0.05) is 11.5 Å². The zero-order valence-corrected chi connectivity index (χ0v) is 38.8. The predicted molar refractivity (Wildman–Crippen MR) is 162 cm³/mol. The van der Waals surface area contributed by atoms with Crippen LogP contribution < -0.4 is 88.7 Å². The normalized spacial score (nSPS) is 38.9. The van der Waals surface area contributed by atoms with E-state index in [0.29, 0.717) is 24.0 Å². The summed E-state index contributed by atoms with van der Waals surface area (Å²) in [6.07, 6.45) is -0.798. The Hall–Kier alpha value is 1.52. The van der Waals surface area contributed by atoms with Gasteiger partial charge in [0.05, 0.1) is 12.2 Å². The quantitative estimate of drug-likeness (QED) is 0.0671. The first kappa shape index (κ1) is 48.7. The number of carbonyl (C=O) groups excluding carboxylic acids is 1. The summed E-state index contributed by atoms with van der Waals surface area (Å²) in [5.41, 5.74) is -0.819. The Bertz CT molecular complexity index is 1700. The molecule has 1 aliphatic heterocycles. The van der Waals surface area contributed by atoms with Crippen molar-refractivity contribution in [2.45, 2.75) is 104 Å². The van der Waals surface area contributed by atoms with Crippen LogP contribution in [0.3, 0.4) is 0 Å². The maximum absolute atomic E-state index is 12.1. The third-order valence-electron chi connectivity index (χ3n) is 12.7. The van der Waals surface area contributed by atoms with Crippen molar-refractivity contribution < 1.29 is 155 Å². The van der Waals surface area contributed by atoms with Crippen LogP contribution in [-0.2, 0) is 53.3 Å². The number of aliphatic hydroxyl groups excluding tert-OH is 1. The number of fused-ring (bicyclic) bond motifs is 5. The Kier molecular flexibility index (Phi) is 16.4. The third kappa shape index (κ3) is 9.80. The number of allylic oxidation sites excluding steroid dienone is 2. The van der Waals surface area contributed by atoms with Crippen molar-refractivity contribution in [2.24, 2.45) is 45.8 Å². The molecule has 0 saturated heterocycles. The standard InChI is InChI=1S/C30H46O15S3.3Na/c1-16(18-10-13-42-27(18)32)6-7-17(2)19-8-11-30(5)21-14-22(43-46(33,34)35)24-25(31)26(45-48(39,40)41)23(44-47(36,37)38)15-28(24,3)20(21)9-12-29(19,30)4;;;/h9-10,16-17,19,21-26,31H,6-8,11-15H2,1-5H3,(H,33,34,35)(H,36,37,38)(H,39,40,41);;;/q;3*+1/p-3/t16?,17-,19-,21-,22+,23+,24+,25-,26-,28-,29-,30+;;;/m1.../s1. The van der Waals surface area contributed by atoms with Gasteiger partial charge in [0.2, 0.25) is 31.2 Å². The minimum Gasteiger partial charge on any atom is -0.726 e. The molecule has 51 heavy (non-hydrogen) atoms. The number of aliphatic hydroxyl groups is 1. The molecule has 3 saturated carbocycles. The molecule has 5 aliphatic rings. The Balaban J connectivity index is 0.00000300. The van der Waals surface area contributed by atoms with Gasteiger partial charge in [-0.05, 0) is 90.9 Å². The summed E-state index contributed by atoms with van der Waals surface area (Å²) in [4.78, 5) is 12.1. The van der Waals surface area contributed by atoms with Gasteiger partial charge in [0.1, 0.15) is 18.8 Å². The third-order valence-corrected chi connectivity index (χ3v) is 14.1. The largest absolute Gasteiger partial charge is 1.00 e. The van der Waals surface area contributed by atoms with E-state index in [9.17, 15) is 48.8 Å². The van der Waals surface area contributed by atoms with E-state index < -0.39 is 84.7 Å². The summed E-state index contributed by atoms with van der Waals surface area (Å²) in [5, 5.41) is 11.5. The second-order valence-electron chi connectivity index (χ2n) is 15.0. The Labute approximate surface area is 367 Å². The molecule has 0 aromatic heterocycles.